The van der Waals surface area contributed by atoms with Gasteiger partial charge in [-0.1, -0.05) is 12.1 Å². The predicted molar refractivity (Wildman–Crippen MR) is 82.9 cm³/mol. The molecule has 1 aromatic rings. The van der Waals surface area contributed by atoms with Crippen molar-refractivity contribution in [2.45, 2.75) is 30.7 Å². The molecule has 0 saturated carbocycles. The molecule has 0 spiro atoms. The van der Waals surface area contributed by atoms with Crippen molar-refractivity contribution in [3.63, 3.8) is 0 Å². The third kappa shape index (κ3) is 3.73. The predicted octanol–water partition coefficient (Wildman–Crippen LogP) is 2.23. The molecule has 1 N–H and O–H groups in total. The van der Waals surface area contributed by atoms with E-state index in [0.717, 1.165) is 31.6 Å². The molecular weight excluding hydrogens is 272 g/mol. The number of anilines is 1. The molecule has 0 amide bonds. The van der Waals surface area contributed by atoms with Crippen LogP contribution in [-0.2, 0) is 9.84 Å². The highest BCUT2D eigenvalue weighted by molar-refractivity contribution is 7.90. The first-order chi connectivity index (χ1) is 9.38. The van der Waals surface area contributed by atoms with Crippen molar-refractivity contribution in [2.75, 3.05) is 31.7 Å². The van der Waals surface area contributed by atoms with Crippen molar-refractivity contribution < 1.29 is 8.42 Å². The molecule has 5 heteroatoms. The van der Waals surface area contributed by atoms with Gasteiger partial charge in [0.15, 0.2) is 9.84 Å². The molecule has 1 fully saturated rings. The maximum atomic E-state index is 11.8. The monoisotopic (exact) mass is 296 g/mol. The summed E-state index contributed by atoms with van der Waals surface area (Å²) in [6.45, 7) is 4.38. The average Bonchev–Trinajstić information content (AvgIpc) is 2.38. The van der Waals surface area contributed by atoms with E-state index in [1.54, 1.807) is 12.1 Å². The fourth-order valence-electron chi connectivity index (χ4n) is 2.80. The van der Waals surface area contributed by atoms with Crippen LogP contribution in [0.15, 0.2) is 29.2 Å². The van der Waals surface area contributed by atoms with Crippen LogP contribution in [0.1, 0.15) is 19.8 Å². The van der Waals surface area contributed by atoms with E-state index in [4.69, 9.17) is 0 Å². The van der Waals surface area contributed by atoms with Gasteiger partial charge in [-0.15, -0.1) is 0 Å². The highest BCUT2D eigenvalue weighted by atomic mass is 32.2. The summed E-state index contributed by atoms with van der Waals surface area (Å²) in [6.07, 6.45) is 3.57. The summed E-state index contributed by atoms with van der Waals surface area (Å²) < 4.78 is 23.6. The molecule has 1 aliphatic rings. The molecule has 0 radical (unpaired) electrons. The van der Waals surface area contributed by atoms with Crippen LogP contribution in [0.25, 0.3) is 0 Å². The van der Waals surface area contributed by atoms with Gasteiger partial charge in [0.05, 0.1) is 10.6 Å². The van der Waals surface area contributed by atoms with Crippen LogP contribution in [0.4, 0.5) is 5.69 Å². The zero-order chi connectivity index (χ0) is 14.8. The molecule has 0 aliphatic carbocycles. The third-order valence-electron chi connectivity index (χ3n) is 4.14. The Hall–Kier alpha value is -1.07. The zero-order valence-corrected chi connectivity index (χ0v) is 13.3. The van der Waals surface area contributed by atoms with Crippen molar-refractivity contribution in [1.82, 2.24) is 4.90 Å². The summed E-state index contributed by atoms with van der Waals surface area (Å²) in [5.41, 5.74) is 0.724. The van der Waals surface area contributed by atoms with Crippen LogP contribution in [0.5, 0.6) is 0 Å². The second-order valence-corrected chi connectivity index (χ2v) is 7.83. The number of benzene rings is 1. The van der Waals surface area contributed by atoms with Crippen molar-refractivity contribution in [3.05, 3.63) is 24.3 Å². The van der Waals surface area contributed by atoms with Crippen LogP contribution in [0, 0.1) is 5.92 Å². The highest BCUT2D eigenvalue weighted by Gasteiger charge is 2.23. The number of para-hydroxylation sites is 1. The lowest BCUT2D eigenvalue weighted by atomic mass is 9.90. The molecule has 1 aromatic carbocycles. The summed E-state index contributed by atoms with van der Waals surface area (Å²) >= 11 is 0. The second kappa shape index (κ2) is 6.14. The smallest absolute Gasteiger partial charge is 0.177 e. The van der Waals surface area contributed by atoms with E-state index >= 15 is 0 Å². The highest BCUT2D eigenvalue weighted by Crippen LogP contribution is 2.26. The Morgan fingerprint density at radius 3 is 2.45 bits per heavy atom. The molecule has 1 atom stereocenters. The Kier molecular flexibility index (Phi) is 4.70. The number of nitrogens with zero attached hydrogens (tertiary/aromatic N) is 1. The number of sulfone groups is 1. The fourth-order valence-corrected chi connectivity index (χ4v) is 3.65. The first-order valence-electron chi connectivity index (χ1n) is 7.12. The topological polar surface area (TPSA) is 49.4 Å². The summed E-state index contributed by atoms with van der Waals surface area (Å²) in [7, 11) is -1.04. The molecular formula is C15H24N2O2S. The van der Waals surface area contributed by atoms with Crippen molar-refractivity contribution in [1.29, 1.82) is 0 Å². The molecule has 0 aromatic heterocycles. The average molecular weight is 296 g/mol. The van der Waals surface area contributed by atoms with E-state index in [1.165, 1.54) is 6.26 Å². The Bertz CT molecular complexity index is 549. The number of nitrogens with one attached hydrogen (secondary N) is 1. The van der Waals surface area contributed by atoms with Gasteiger partial charge in [-0.25, -0.2) is 8.42 Å². The minimum Gasteiger partial charge on any atom is -0.381 e. The van der Waals surface area contributed by atoms with Crippen molar-refractivity contribution in [2.24, 2.45) is 5.92 Å². The molecule has 1 heterocycles. The van der Waals surface area contributed by atoms with Gasteiger partial charge in [0.2, 0.25) is 0 Å². The number of likely N-dealkylation sites (tertiary alicyclic amines) is 1. The molecule has 1 unspecified atom stereocenters. The number of hydrogen-bond acceptors (Lipinski definition) is 4. The molecule has 0 bridgehead atoms. The molecule has 4 nitrogen and oxygen atoms in total. The molecule has 2 rings (SSSR count). The molecule has 1 aliphatic heterocycles. The van der Waals surface area contributed by atoms with Crippen LogP contribution in [0.2, 0.25) is 0 Å². The molecule has 1 saturated heterocycles. The first kappa shape index (κ1) is 15.3. The van der Waals surface area contributed by atoms with Gasteiger partial charge in [-0.2, -0.15) is 0 Å². The molecule has 112 valence electrons. The number of piperidine rings is 1. The number of hydrogen-bond donors (Lipinski definition) is 1. The first-order valence-corrected chi connectivity index (χ1v) is 9.01. The minimum absolute atomic E-state index is 0.284. The largest absolute Gasteiger partial charge is 0.381 e. The van der Waals surface area contributed by atoms with Crippen LogP contribution < -0.4 is 5.32 Å². The SMILES string of the molecule is CC(Nc1ccccc1S(C)(=O)=O)C1CCN(C)CC1. The molecule has 20 heavy (non-hydrogen) atoms. The normalized spacial score (nSPS) is 19.8. The summed E-state index contributed by atoms with van der Waals surface area (Å²) in [5.74, 6) is 0.596. The Morgan fingerprint density at radius 2 is 1.85 bits per heavy atom. The van der Waals surface area contributed by atoms with Gasteiger partial charge in [0.25, 0.3) is 0 Å². The van der Waals surface area contributed by atoms with Gasteiger partial charge in [0.1, 0.15) is 0 Å². The van der Waals surface area contributed by atoms with E-state index in [1.807, 2.05) is 12.1 Å². The number of rotatable bonds is 4. The lowest BCUT2D eigenvalue weighted by Gasteiger charge is -2.33. The van der Waals surface area contributed by atoms with Gasteiger partial charge in [-0.3, -0.25) is 0 Å². The maximum absolute atomic E-state index is 11.8. The quantitative estimate of drug-likeness (QED) is 0.925. The van der Waals surface area contributed by atoms with E-state index in [-0.39, 0.29) is 6.04 Å². The van der Waals surface area contributed by atoms with Crippen LogP contribution >= 0.6 is 0 Å². The van der Waals surface area contributed by atoms with E-state index < -0.39 is 9.84 Å². The zero-order valence-electron chi connectivity index (χ0n) is 12.5. The van der Waals surface area contributed by atoms with E-state index in [2.05, 4.69) is 24.2 Å². The fraction of sp³-hybridized carbons (Fsp3) is 0.600. The van der Waals surface area contributed by atoms with E-state index in [0.29, 0.717) is 10.8 Å². The van der Waals surface area contributed by atoms with Crippen molar-refractivity contribution >= 4 is 15.5 Å². The summed E-state index contributed by atoms with van der Waals surface area (Å²) in [4.78, 5) is 2.73. The maximum Gasteiger partial charge on any atom is 0.177 e. The van der Waals surface area contributed by atoms with E-state index in [9.17, 15) is 8.42 Å². The van der Waals surface area contributed by atoms with Crippen LogP contribution in [0.3, 0.4) is 0 Å². The summed E-state index contributed by atoms with van der Waals surface area (Å²) in [5, 5.41) is 3.40. The Labute approximate surface area is 122 Å². The minimum atomic E-state index is -3.19. The Balaban J connectivity index is 2.10. The van der Waals surface area contributed by atoms with Gasteiger partial charge < -0.3 is 10.2 Å². The second-order valence-electron chi connectivity index (χ2n) is 5.84. The lowest BCUT2D eigenvalue weighted by molar-refractivity contribution is 0.208. The van der Waals surface area contributed by atoms with Gasteiger partial charge in [-0.05, 0) is 58.0 Å². The van der Waals surface area contributed by atoms with Gasteiger partial charge in [0, 0.05) is 12.3 Å². The van der Waals surface area contributed by atoms with Crippen molar-refractivity contribution in [3.8, 4) is 0 Å². The third-order valence-corrected chi connectivity index (χ3v) is 5.29. The summed E-state index contributed by atoms with van der Waals surface area (Å²) in [6, 6.07) is 7.44. The van der Waals surface area contributed by atoms with Gasteiger partial charge >= 0.3 is 0 Å². The Morgan fingerprint density at radius 1 is 1.25 bits per heavy atom. The van der Waals surface area contributed by atoms with Crippen LogP contribution in [-0.4, -0.2) is 45.8 Å². The lowest BCUT2D eigenvalue weighted by Crippen LogP contribution is -2.37. The standard InChI is InChI=1S/C15H24N2O2S/c1-12(13-8-10-17(2)11-9-13)16-14-6-4-5-7-15(14)20(3,18)19/h4-7,12-13,16H,8-11H2,1-3H3.